The predicted octanol–water partition coefficient (Wildman–Crippen LogP) is 3.03. The second kappa shape index (κ2) is 5.56. The van der Waals surface area contributed by atoms with Crippen molar-refractivity contribution in [2.45, 2.75) is 24.8 Å². The number of carbonyl (C=O) groups excluding carboxylic acids is 1. The molecule has 0 aliphatic heterocycles. The van der Waals surface area contributed by atoms with Crippen molar-refractivity contribution in [2.75, 3.05) is 7.11 Å². The Labute approximate surface area is 105 Å². The third-order valence-corrected chi connectivity index (χ3v) is 3.51. The SMILES string of the molecule is COC(=O)[C@H]1CC[C@@H](N=[N+]=[N-])[C@@H]1c1ccccc1. The number of benzene rings is 1. The Morgan fingerprint density at radius 3 is 2.72 bits per heavy atom. The zero-order valence-electron chi connectivity index (χ0n) is 10.2. The van der Waals surface area contributed by atoms with E-state index in [1.54, 1.807) is 0 Å². The monoisotopic (exact) mass is 245 g/mol. The molecular weight excluding hydrogens is 230 g/mol. The number of esters is 1. The Morgan fingerprint density at radius 1 is 1.39 bits per heavy atom. The van der Waals surface area contributed by atoms with E-state index in [9.17, 15) is 4.79 Å². The molecule has 0 radical (unpaired) electrons. The lowest BCUT2D eigenvalue weighted by Crippen LogP contribution is -2.23. The van der Waals surface area contributed by atoms with Crippen LogP contribution in [0.1, 0.15) is 24.3 Å². The first-order chi connectivity index (χ1) is 8.77. The predicted molar refractivity (Wildman–Crippen MR) is 66.9 cm³/mol. The van der Waals surface area contributed by atoms with Gasteiger partial charge in [-0.1, -0.05) is 35.4 Å². The number of ether oxygens (including phenoxy) is 1. The average molecular weight is 245 g/mol. The lowest BCUT2D eigenvalue weighted by atomic mass is 9.87. The van der Waals surface area contributed by atoms with Crippen LogP contribution >= 0.6 is 0 Å². The molecule has 0 unspecified atom stereocenters. The van der Waals surface area contributed by atoms with Gasteiger partial charge in [0.25, 0.3) is 0 Å². The molecule has 1 fully saturated rings. The minimum absolute atomic E-state index is 0.0745. The summed E-state index contributed by atoms with van der Waals surface area (Å²) in [5.74, 6) is -0.512. The summed E-state index contributed by atoms with van der Waals surface area (Å²) in [5.41, 5.74) is 9.65. The van der Waals surface area contributed by atoms with E-state index in [0.717, 1.165) is 12.0 Å². The molecule has 1 aliphatic carbocycles. The second-order valence-corrected chi connectivity index (χ2v) is 4.42. The molecule has 2 rings (SSSR count). The maximum Gasteiger partial charge on any atom is 0.309 e. The molecule has 0 bridgehead atoms. The molecule has 5 nitrogen and oxygen atoms in total. The molecule has 1 aliphatic rings. The number of azide groups is 1. The Balaban J connectivity index is 2.34. The minimum Gasteiger partial charge on any atom is -0.469 e. The summed E-state index contributed by atoms with van der Waals surface area (Å²) in [4.78, 5) is 14.7. The normalized spacial score (nSPS) is 26.4. The molecule has 1 aromatic carbocycles. The van der Waals surface area contributed by atoms with Gasteiger partial charge in [-0.15, -0.1) is 0 Å². The number of nitrogens with zero attached hydrogens (tertiary/aromatic N) is 3. The summed E-state index contributed by atoms with van der Waals surface area (Å²) in [6.07, 6.45) is 1.43. The highest BCUT2D eigenvalue weighted by Crippen LogP contribution is 2.42. The maximum atomic E-state index is 11.8. The van der Waals surface area contributed by atoms with Gasteiger partial charge >= 0.3 is 5.97 Å². The van der Waals surface area contributed by atoms with Crippen LogP contribution in [-0.2, 0) is 9.53 Å². The fraction of sp³-hybridized carbons (Fsp3) is 0.462. The molecule has 0 heterocycles. The van der Waals surface area contributed by atoms with Crippen LogP contribution in [0.5, 0.6) is 0 Å². The average Bonchev–Trinajstić information content (AvgIpc) is 2.83. The first kappa shape index (κ1) is 12.5. The third-order valence-electron chi connectivity index (χ3n) is 3.51. The van der Waals surface area contributed by atoms with Crippen molar-refractivity contribution in [3.05, 3.63) is 46.3 Å². The third kappa shape index (κ3) is 2.31. The second-order valence-electron chi connectivity index (χ2n) is 4.42. The minimum atomic E-state index is -0.223. The van der Waals surface area contributed by atoms with E-state index < -0.39 is 0 Å². The van der Waals surface area contributed by atoms with Crippen molar-refractivity contribution in [1.29, 1.82) is 0 Å². The van der Waals surface area contributed by atoms with Gasteiger partial charge in [0.15, 0.2) is 0 Å². The lowest BCUT2D eigenvalue weighted by molar-refractivity contribution is -0.145. The van der Waals surface area contributed by atoms with Gasteiger partial charge in [0.2, 0.25) is 0 Å². The molecule has 1 saturated carbocycles. The van der Waals surface area contributed by atoms with Crippen LogP contribution in [0.15, 0.2) is 35.4 Å². The molecule has 5 heteroatoms. The van der Waals surface area contributed by atoms with Gasteiger partial charge in [0.05, 0.1) is 13.0 Å². The van der Waals surface area contributed by atoms with Crippen LogP contribution in [-0.4, -0.2) is 19.1 Å². The number of rotatable bonds is 3. The Kier molecular flexibility index (Phi) is 3.85. The van der Waals surface area contributed by atoms with Crippen molar-refractivity contribution in [2.24, 2.45) is 11.0 Å². The van der Waals surface area contributed by atoms with Crippen molar-refractivity contribution in [3.8, 4) is 0 Å². The van der Waals surface area contributed by atoms with Crippen molar-refractivity contribution < 1.29 is 9.53 Å². The summed E-state index contributed by atoms with van der Waals surface area (Å²) in [5, 5.41) is 3.82. The van der Waals surface area contributed by atoms with Gasteiger partial charge in [0.1, 0.15) is 0 Å². The molecule has 3 atom stereocenters. The highest BCUT2D eigenvalue weighted by Gasteiger charge is 2.41. The molecule has 18 heavy (non-hydrogen) atoms. The van der Waals surface area contributed by atoms with Gasteiger partial charge in [0, 0.05) is 16.9 Å². The number of methoxy groups -OCH3 is 1. The largest absolute Gasteiger partial charge is 0.469 e. The van der Waals surface area contributed by atoms with Crippen LogP contribution in [0, 0.1) is 5.92 Å². The summed E-state index contributed by atoms with van der Waals surface area (Å²) >= 11 is 0. The lowest BCUT2D eigenvalue weighted by Gasteiger charge is -2.21. The summed E-state index contributed by atoms with van der Waals surface area (Å²) in [7, 11) is 1.39. The molecular formula is C13H15N3O2. The van der Waals surface area contributed by atoms with Gasteiger partial charge in [-0.25, -0.2) is 0 Å². The molecule has 0 saturated heterocycles. The Hall–Kier alpha value is -2.00. The smallest absolute Gasteiger partial charge is 0.309 e. The van der Waals surface area contributed by atoms with Gasteiger partial charge in [-0.05, 0) is 23.9 Å². The van der Waals surface area contributed by atoms with E-state index >= 15 is 0 Å². The molecule has 0 N–H and O–H groups in total. The van der Waals surface area contributed by atoms with Crippen LogP contribution in [0.3, 0.4) is 0 Å². The number of hydrogen-bond acceptors (Lipinski definition) is 3. The zero-order valence-corrected chi connectivity index (χ0v) is 10.2. The van der Waals surface area contributed by atoms with Gasteiger partial charge in [-0.2, -0.15) is 0 Å². The van der Waals surface area contributed by atoms with Crippen molar-refractivity contribution in [1.82, 2.24) is 0 Å². The topological polar surface area (TPSA) is 75.1 Å². The molecule has 1 aromatic rings. The highest BCUT2D eigenvalue weighted by molar-refractivity contribution is 5.74. The van der Waals surface area contributed by atoms with E-state index in [1.165, 1.54) is 7.11 Å². The van der Waals surface area contributed by atoms with Crippen LogP contribution in [0.2, 0.25) is 0 Å². The van der Waals surface area contributed by atoms with Crippen LogP contribution in [0.25, 0.3) is 10.4 Å². The van der Waals surface area contributed by atoms with Crippen LogP contribution in [0.4, 0.5) is 0 Å². The van der Waals surface area contributed by atoms with Gasteiger partial charge < -0.3 is 4.74 Å². The first-order valence-corrected chi connectivity index (χ1v) is 5.95. The molecule has 94 valence electrons. The fourth-order valence-electron chi connectivity index (χ4n) is 2.72. The zero-order chi connectivity index (χ0) is 13.0. The molecule has 0 aromatic heterocycles. The Bertz CT molecular complexity index is 468. The van der Waals surface area contributed by atoms with E-state index in [1.807, 2.05) is 30.3 Å². The van der Waals surface area contributed by atoms with Crippen molar-refractivity contribution >= 4 is 5.97 Å². The molecule has 0 spiro atoms. The standard InChI is InChI=1S/C13H15N3O2/c1-18-13(17)10-7-8-11(15-16-14)12(10)9-5-3-2-4-6-9/h2-6,10-12H,7-8H2,1H3/t10-,11+,12+/m0/s1. The Morgan fingerprint density at radius 2 is 2.11 bits per heavy atom. The summed E-state index contributed by atoms with van der Waals surface area (Å²) in [6, 6.07) is 9.54. The van der Waals surface area contributed by atoms with E-state index in [2.05, 4.69) is 10.0 Å². The van der Waals surface area contributed by atoms with E-state index in [0.29, 0.717) is 6.42 Å². The number of carbonyl (C=O) groups is 1. The highest BCUT2D eigenvalue weighted by atomic mass is 16.5. The van der Waals surface area contributed by atoms with Gasteiger partial charge in [-0.3, -0.25) is 4.79 Å². The first-order valence-electron chi connectivity index (χ1n) is 5.95. The number of hydrogen-bond donors (Lipinski definition) is 0. The summed E-state index contributed by atoms with van der Waals surface area (Å²) in [6.45, 7) is 0. The molecule has 0 amide bonds. The van der Waals surface area contributed by atoms with E-state index in [-0.39, 0.29) is 23.8 Å². The fourth-order valence-corrected chi connectivity index (χ4v) is 2.72. The van der Waals surface area contributed by atoms with Crippen LogP contribution < -0.4 is 0 Å². The maximum absolute atomic E-state index is 11.8. The van der Waals surface area contributed by atoms with E-state index in [4.69, 9.17) is 10.3 Å². The van der Waals surface area contributed by atoms with Crippen molar-refractivity contribution in [3.63, 3.8) is 0 Å². The quantitative estimate of drug-likeness (QED) is 0.355. The summed E-state index contributed by atoms with van der Waals surface area (Å²) < 4.78 is 4.84.